The molecule has 4 rings (SSSR count). The number of hydrogen-bond donors (Lipinski definition) is 0. The molecule has 2 nitrogen and oxygen atoms in total. The van der Waals surface area contributed by atoms with Crippen LogP contribution in [0.5, 0.6) is 0 Å². The first kappa shape index (κ1) is 21.3. The summed E-state index contributed by atoms with van der Waals surface area (Å²) in [4.78, 5) is 15.6. The molecule has 31 heavy (non-hydrogen) atoms. The Kier molecular flexibility index (Phi) is 5.04. The Labute approximate surface area is 184 Å². The second-order valence-corrected chi connectivity index (χ2v) is 9.83. The van der Waals surface area contributed by atoms with Crippen LogP contribution in [0.25, 0.3) is 0 Å². The summed E-state index contributed by atoms with van der Waals surface area (Å²) >= 11 is 0. The molecule has 0 radical (unpaired) electrons. The zero-order valence-corrected chi connectivity index (χ0v) is 19.2. The molecule has 2 aromatic carbocycles. The average Bonchev–Trinajstić information content (AvgIpc) is 2.88. The molecule has 0 bridgehead atoms. The van der Waals surface area contributed by atoms with Crippen molar-refractivity contribution in [3.05, 3.63) is 94.4 Å². The second-order valence-electron chi connectivity index (χ2n) is 9.83. The van der Waals surface area contributed by atoms with Gasteiger partial charge in [-0.25, -0.2) is 4.39 Å². The Hall–Kier alpha value is -2.94. The first-order valence-corrected chi connectivity index (χ1v) is 10.9. The number of nitrogens with zero attached hydrogens (tertiary/aromatic N) is 1. The van der Waals surface area contributed by atoms with Gasteiger partial charge < -0.3 is 0 Å². The maximum atomic E-state index is 15.1. The molecule has 0 saturated carbocycles. The smallest absolute Gasteiger partial charge is 0.246 e. The summed E-state index contributed by atoms with van der Waals surface area (Å²) in [6.45, 7) is 12.3. The molecule has 2 aromatic rings. The highest BCUT2D eigenvalue weighted by Gasteiger charge is 2.50. The molecule has 1 aliphatic heterocycles. The van der Waals surface area contributed by atoms with E-state index < -0.39 is 5.41 Å². The molecule has 0 spiro atoms. The summed E-state index contributed by atoms with van der Waals surface area (Å²) in [7, 11) is 0. The number of hydrogen-bond acceptors (Lipinski definition) is 1. The van der Waals surface area contributed by atoms with Gasteiger partial charge in [0.05, 0.1) is 16.8 Å². The van der Waals surface area contributed by atoms with E-state index in [1.54, 1.807) is 30.0 Å². The lowest BCUT2D eigenvalue weighted by atomic mass is 9.75. The molecule has 0 aromatic heterocycles. The number of fused-ring (bicyclic) bond motifs is 1. The lowest BCUT2D eigenvalue weighted by molar-refractivity contribution is -0.120. The lowest BCUT2D eigenvalue weighted by Gasteiger charge is -2.26. The Morgan fingerprint density at radius 1 is 1.00 bits per heavy atom. The number of rotatable bonds is 2. The molecule has 160 valence electrons. The molecule has 1 atom stereocenters. The minimum atomic E-state index is -0.880. The van der Waals surface area contributed by atoms with E-state index in [9.17, 15) is 4.79 Å². The maximum absolute atomic E-state index is 15.1. The van der Waals surface area contributed by atoms with Crippen LogP contribution >= 0.6 is 0 Å². The Bertz CT molecular complexity index is 1160. The predicted molar refractivity (Wildman–Crippen MR) is 126 cm³/mol. The summed E-state index contributed by atoms with van der Waals surface area (Å²) in [5.41, 5.74) is 4.95. The van der Waals surface area contributed by atoms with Gasteiger partial charge in [-0.05, 0) is 67.0 Å². The van der Waals surface area contributed by atoms with Crippen molar-refractivity contribution in [3.8, 4) is 0 Å². The van der Waals surface area contributed by atoms with Crippen LogP contribution in [-0.2, 0) is 10.2 Å². The number of halogens is 1. The third kappa shape index (κ3) is 3.37. The van der Waals surface area contributed by atoms with Gasteiger partial charge >= 0.3 is 0 Å². The zero-order valence-electron chi connectivity index (χ0n) is 19.2. The SMILES string of the molecule is Cc1ccc2c(c1)C(C)(C1=CCC=C(C(C)(C)C)C=C1)C(=O)N2c1cccc(C)c1F. The van der Waals surface area contributed by atoms with Crippen molar-refractivity contribution in [2.45, 2.75) is 53.4 Å². The summed E-state index contributed by atoms with van der Waals surface area (Å²) in [5, 5.41) is 0. The van der Waals surface area contributed by atoms with E-state index in [1.165, 1.54) is 5.57 Å². The van der Waals surface area contributed by atoms with Gasteiger partial charge in [0, 0.05) is 0 Å². The van der Waals surface area contributed by atoms with Crippen molar-refractivity contribution in [3.63, 3.8) is 0 Å². The van der Waals surface area contributed by atoms with Gasteiger partial charge in [-0.15, -0.1) is 0 Å². The summed E-state index contributed by atoms with van der Waals surface area (Å²) in [6, 6.07) is 11.2. The third-order valence-electron chi connectivity index (χ3n) is 6.54. The van der Waals surface area contributed by atoms with Crippen molar-refractivity contribution < 1.29 is 9.18 Å². The Balaban J connectivity index is 1.88. The minimum absolute atomic E-state index is 0.0333. The minimum Gasteiger partial charge on any atom is -0.277 e. The number of amides is 1. The number of carbonyl (C=O) groups excluding carboxylic acids is 1. The fraction of sp³-hybridized carbons (Fsp3) is 0.321. The van der Waals surface area contributed by atoms with Crippen LogP contribution in [0.4, 0.5) is 15.8 Å². The van der Waals surface area contributed by atoms with Gasteiger partial charge in [-0.1, -0.05) is 74.9 Å². The number of carbonyl (C=O) groups is 1. The van der Waals surface area contributed by atoms with Gasteiger partial charge in [-0.3, -0.25) is 9.69 Å². The van der Waals surface area contributed by atoms with Crippen molar-refractivity contribution >= 4 is 17.3 Å². The van der Waals surface area contributed by atoms with Crippen LogP contribution in [0, 0.1) is 25.1 Å². The summed E-state index contributed by atoms with van der Waals surface area (Å²) in [5.74, 6) is -0.471. The molecule has 1 heterocycles. The van der Waals surface area contributed by atoms with E-state index in [4.69, 9.17) is 0 Å². The van der Waals surface area contributed by atoms with Crippen molar-refractivity contribution in [2.75, 3.05) is 4.90 Å². The highest BCUT2D eigenvalue weighted by Crippen LogP contribution is 2.51. The van der Waals surface area contributed by atoms with Gasteiger partial charge in [0.2, 0.25) is 5.91 Å². The van der Waals surface area contributed by atoms with Gasteiger partial charge in [-0.2, -0.15) is 0 Å². The highest BCUT2D eigenvalue weighted by molar-refractivity contribution is 6.15. The van der Waals surface area contributed by atoms with E-state index in [1.807, 2.05) is 26.0 Å². The van der Waals surface area contributed by atoms with Crippen LogP contribution in [0.2, 0.25) is 0 Å². The molecule has 1 unspecified atom stereocenters. The fourth-order valence-corrected chi connectivity index (χ4v) is 4.57. The molecular weight excluding hydrogens is 385 g/mol. The maximum Gasteiger partial charge on any atom is 0.246 e. The normalized spacial score (nSPS) is 21.0. The van der Waals surface area contributed by atoms with Crippen LogP contribution in [-0.4, -0.2) is 5.91 Å². The molecule has 0 saturated heterocycles. The first-order chi connectivity index (χ1) is 14.5. The van der Waals surface area contributed by atoms with Crippen molar-refractivity contribution in [1.29, 1.82) is 0 Å². The standard InChI is InChI=1S/C28H30FNO/c1-18-13-16-23-22(17-18)28(6,21-11-8-10-20(14-15-21)27(3,4)5)26(31)30(23)24-12-7-9-19(2)25(24)29/h7,9-17H,8H2,1-6H3. The van der Waals surface area contributed by atoms with E-state index >= 15 is 4.39 Å². The van der Waals surface area contributed by atoms with Crippen LogP contribution in [0.3, 0.4) is 0 Å². The monoisotopic (exact) mass is 415 g/mol. The Morgan fingerprint density at radius 3 is 2.45 bits per heavy atom. The zero-order chi connectivity index (χ0) is 22.6. The van der Waals surface area contributed by atoms with Crippen molar-refractivity contribution in [1.82, 2.24) is 0 Å². The van der Waals surface area contributed by atoms with Gasteiger partial charge in [0.15, 0.2) is 0 Å². The summed E-state index contributed by atoms with van der Waals surface area (Å²) in [6.07, 6.45) is 9.32. The number of allylic oxidation sites excluding steroid dienone is 5. The fourth-order valence-electron chi connectivity index (χ4n) is 4.57. The lowest BCUT2D eigenvalue weighted by Crippen LogP contribution is -2.37. The van der Waals surface area contributed by atoms with E-state index in [-0.39, 0.29) is 17.1 Å². The van der Waals surface area contributed by atoms with E-state index in [2.05, 4.69) is 51.1 Å². The highest BCUT2D eigenvalue weighted by atomic mass is 19.1. The molecule has 1 aliphatic carbocycles. The molecule has 1 amide bonds. The van der Waals surface area contributed by atoms with Crippen LogP contribution < -0.4 is 4.90 Å². The molecule has 3 heteroatoms. The molecule has 2 aliphatic rings. The van der Waals surface area contributed by atoms with E-state index in [0.717, 1.165) is 28.8 Å². The first-order valence-electron chi connectivity index (χ1n) is 10.9. The Morgan fingerprint density at radius 2 is 1.74 bits per heavy atom. The number of benzene rings is 2. The summed E-state index contributed by atoms with van der Waals surface area (Å²) < 4.78 is 15.1. The molecular formula is C28H30FNO. The van der Waals surface area contributed by atoms with Gasteiger partial charge in [0.1, 0.15) is 5.82 Å². The van der Waals surface area contributed by atoms with Gasteiger partial charge in [0.25, 0.3) is 0 Å². The largest absolute Gasteiger partial charge is 0.277 e. The topological polar surface area (TPSA) is 20.3 Å². The molecule has 0 N–H and O–H groups in total. The quantitative estimate of drug-likeness (QED) is 0.506. The number of anilines is 2. The van der Waals surface area contributed by atoms with Crippen LogP contribution in [0.15, 0.2) is 71.8 Å². The van der Waals surface area contributed by atoms with E-state index in [0.29, 0.717) is 11.3 Å². The van der Waals surface area contributed by atoms with Crippen molar-refractivity contribution in [2.24, 2.45) is 5.41 Å². The third-order valence-corrected chi connectivity index (χ3v) is 6.54. The number of aryl methyl sites for hydroxylation is 2. The molecule has 0 fully saturated rings. The van der Waals surface area contributed by atoms with Crippen LogP contribution in [0.1, 0.15) is 50.8 Å². The second kappa shape index (κ2) is 7.33. The average molecular weight is 416 g/mol. The predicted octanol–water partition coefficient (Wildman–Crippen LogP) is 7.24.